The number of fused-ring (bicyclic) bond motifs is 3. The number of rotatable bonds is 2. The predicted molar refractivity (Wildman–Crippen MR) is 67.5 cm³/mol. The van der Waals surface area contributed by atoms with Crippen molar-refractivity contribution in [2.45, 2.75) is 6.42 Å². The number of carboxylic acid groups (broad SMARTS) is 1. The van der Waals surface area contributed by atoms with Crippen LogP contribution in [0.25, 0.3) is 22.2 Å². The summed E-state index contributed by atoms with van der Waals surface area (Å²) in [6.45, 7) is 0. The molecule has 2 aliphatic rings. The Morgan fingerprint density at radius 1 is 1.22 bits per heavy atom. The second-order valence-corrected chi connectivity index (χ2v) is 4.08. The number of aromatic nitrogens is 2. The summed E-state index contributed by atoms with van der Waals surface area (Å²) >= 11 is 0. The summed E-state index contributed by atoms with van der Waals surface area (Å²) in [6.07, 6.45) is 3.38. The molecule has 4 nitrogen and oxygen atoms in total. The normalized spacial score (nSPS) is 10.9. The molecule has 2 heterocycles. The molecule has 18 heavy (non-hydrogen) atoms. The van der Waals surface area contributed by atoms with E-state index in [2.05, 4.69) is 9.97 Å². The van der Waals surface area contributed by atoms with E-state index >= 15 is 0 Å². The van der Waals surface area contributed by atoms with Crippen LogP contribution in [0, 0.1) is 0 Å². The Hall–Kier alpha value is -2.49. The Bertz CT molecular complexity index is 709. The zero-order valence-corrected chi connectivity index (χ0v) is 9.50. The number of nitrogens with zero attached hydrogens (tertiary/aromatic N) is 2. The first-order valence-electron chi connectivity index (χ1n) is 5.59. The third-order valence-corrected chi connectivity index (χ3v) is 2.89. The lowest BCUT2D eigenvalue weighted by molar-refractivity contribution is -0.136. The summed E-state index contributed by atoms with van der Waals surface area (Å²) in [5, 5.41) is 9.87. The second kappa shape index (κ2) is 4.07. The van der Waals surface area contributed by atoms with E-state index in [1.165, 1.54) is 0 Å². The second-order valence-electron chi connectivity index (χ2n) is 4.08. The third-order valence-electron chi connectivity index (χ3n) is 2.89. The van der Waals surface area contributed by atoms with Crippen LogP contribution in [0.15, 0.2) is 42.7 Å². The zero-order valence-electron chi connectivity index (χ0n) is 9.50. The summed E-state index contributed by atoms with van der Waals surface area (Å²) in [7, 11) is 0. The Morgan fingerprint density at radius 3 is 2.94 bits per heavy atom. The Kier molecular flexibility index (Phi) is 2.41. The SMILES string of the molecule is O=C(O)Cc1cccc2c3cccncc-3nc12. The first kappa shape index (κ1) is 10.7. The lowest BCUT2D eigenvalue weighted by Gasteiger charge is -1.98. The topological polar surface area (TPSA) is 63.1 Å². The van der Waals surface area contributed by atoms with Gasteiger partial charge in [-0.15, -0.1) is 0 Å². The predicted octanol–water partition coefficient (Wildman–Crippen LogP) is 2.36. The molecule has 4 heteroatoms. The maximum Gasteiger partial charge on any atom is 0.307 e. The highest BCUT2D eigenvalue weighted by Gasteiger charge is 2.14. The van der Waals surface area contributed by atoms with Gasteiger partial charge in [0, 0.05) is 17.1 Å². The number of carbonyl (C=O) groups is 1. The average Bonchev–Trinajstić information content (AvgIpc) is 2.54. The maximum absolute atomic E-state index is 10.8. The number of benzene rings is 1. The fourth-order valence-electron chi connectivity index (χ4n) is 2.14. The monoisotopic (exact) mass is 238 g/mol. The molecule has 0 amide bonds. The highest BCUT2D eigenvalue weighted by atomic mass is 16.4. The average molecular weight is 238 g/mol. The lowest BCUT2D eigenvalue weighted by atomic mass is 10.1. The fraction of sp³-hybridized carbons (Fsp3) is 0.0714. The van der Waals surface area contributed by atoms with Crippen LogP contribution in [0.1, 0.15) is 5.56 Å². The lowest BCUT2D eigenvalue weighted by Crippen LogP contribution is -2.00. The quantitative estimate of drug-likeness (QED) is 0.744. The molecular formula is C14H10N2O2. The highest BCUT2D eigenvalue weighted by molar-refractivity contribution is 5.99. The van der Waals surface area contributed by atoms with E-state index in [9.17, 15) is 4.79 Å². The molecule has 0 saturated carbocycles. The van der Waals surface area contributed by atoms with Crippen molar-refractivity contribution in [3.8, 4) is 11.3 Å². The van der Waals surface area contributed by atoms with Gasteiger partial charge in [-0.25, -0.2) is 4.98 Å². The standard InChI is InChI=1S/C14H10N2O2/c17-13(18)7-9-3-1-4-11-10-5-2-6-15-8-12(10)16-14(9)11/h1-6,8H,7H2,(H,17,18). The van der Waals surface area contributed by atoms with E-state index in [0.29, 0.717) is 0 Å². The minimum Gasteiger partial charge on any atom is -0.481 e. The van der Waals surface area contributed by atoms with Crippen molar-refractivity contribution in [3.63, 3.8) is 0 Å². The molecule has 0 fully saturated rings. The van der Waals surface area contributed by atoms with Gasteiger partial charge in [0.05, 0.1) is 23.8 Å². The Morgan fingerprint density at radius 2 is 2.11 bits per heavy atom. The van der Waals surface area contributed by atoms with Gasteiger partial charge >= 0.3 is 5.97 Å². The van der Waals surface area contributed by atoms with Gasteiger partial charge < -0.3 is 5.11 Å². The van der Waals surface area contributed by atoms with E-state index in [1.54, 1.807) is 18.5 Å². The molecule has 3 rings (SSSR count). The van der Waals surface area contributed by atoms with Crippen molar-refractivity contribution in [1.82, 2.24) is 9.97 Å². The van der Waals surface area contributed by atoms with Gasteiger partial charge in [0.1, 0.15) is 0 Å². The van der Waals surface area contributed by atoms with E-state index in [-0.39, 0.29) is 6.42 Å². The smallest absolute Gasteiger partial charge is 0.307 e. The van der Waals surface area contributed by atoms with Crippen LogP contribution in [-0.4, -0.2) is 21.0 Å². The summed E-state index contributed by atoms with van der Waals surface area (Å²) in [5.41, 5.74) is 3.27. The van der Waals surface area contributed by atoms with Crippen LogP contribution < -0.4 is 0 Å². The largest absolute Gasteiger partial charge is 0.481 e. The van der Waals surface area contributed by atoms with Crippen LogP contribution >= 0.6 is 0 Å². The van der Waals surface area contributed by atoms with Crippen LogP contribution in [0.5, 0.6) is 0 Å². The van der Waals surface area contributed by atoms with Crippen LogP contribution in [0.2, 0.25) is 0 Å². The molecule has 1 aromatic rings. The minimum absolute atomic E-state index is 0.0137. The molecule has 0 aromatic heterocycles. The minimum atomic E-state index is -0.849. The van der Waals surface area contributed by atoms with Crippen LogP contribution in [-0.2, 0) is 11.2 Å². The summed E-state index contributed by atoms with van der Waals surface area (Å²) in [6, 6.07) is 9.42. The first-order valence-corrected chi connectivity index (χ1v) is 5.59. The molecule has 0 aliphatic carbocycles. The van der Waals surface area contributed by atoms with Gasteiger partial charge in [-0.3, -0.25) is 9.78 Å². The van der Waals surface area contributed by atoms with Crippen molar-refractivity contribution in [1.29, 1.82) is 0 Å². The fourth-order valence-corrected chi connectivity index (χ4v) is 2.14. The molecule has 88 valence electrons. The van der Waals surface area contributed by atoms with Gasteiger partial charge in [0.25, 0.3) is 0 Å². The summed E-state index contributed by atoms with van der Waals surface area (Å²) in [4.78, 5) is 19.4. The molecule has 2 aliphatic heterocycles. The number of hydrogen-bond donors (Lipinski definition) is 1. The summed E-state index contributed by atoms with van der Waals surface area (Å²) in [5.74, 6) is -0.849. The highest BCUT2D eigenvalue weighted by Crippen LogP contribution is 2.31. The zero-order chi connectivity index (χ0) is 12.5. The maximum atomic E-state index is 10.8. The van der Waals surface area contributed by atoms with Gasteiger partial charge in [0.2, 0.25) is 0 Å². The van der Waals surface area contributed by atoms with Crippen molar-refractivity contribution in [2.24, 2.45) is 0 Å². The van der Waals surface area contributed by atoms with E-state index < -0.39 is 5.97 Å². The third kappa shape index (κ3) is 1.68. The van der Waals surface area contributed by atoms with Crippen molar-refractivity contribution >= 4 is 16.9 Å². The van der Waals surface area contributed by atoms with E-state index in [4.69, 9.17) is 5.11 Å². The van der Waals surface area contributed by atoms with Crippen molar-refractivity contribution in [3.05, 3.63) is 48.3 Å². The molecule has 1 N–H and O–H groups in total. The van der Waals surface area contributed by atoms with Crippen LogP contribution in [0.4, 0.5) is 0 Å². The van der Waals surface area contributed by atoms with Crippen LogP contribution in [0.3, 0.4) is 0 Å². The van der Waals surface area contributed by atoms with Gasteiger partial charge in [0.15, 0.2) is 0 Å². The van der Waals surface area contributed by atoms with E-state index in [0.717, 1.165) is 27.7 Å². The molecule has 0 spiro atoms. The first-order chi connectivity index (χ1) is 8.75. The molecule has 0 bridgehead atoms. The van der Waals surface area contributed by atoms with Gasteiger partial charge in [-0.2, -0.15) is 0 Å². The molecule has 0 saturated heterocycles. The number of aliphatic carboxylic acids is 1. The molecule has 1 aromatic carbocycles. The Labute approximate surface area is 103 Å². The molecule has 0 radical (unpaired) electrons. The number of para-hydroxylation sites is 1. The van der Waals surface area contributed by atoms with Gasteiger partial charge in [-0.05, 0) is 11.6 Å². The summed E-state index contributed by atoms with van der Waals surface area (Å²) < 4.78 is 0. The Balaban J connectivity index is 2.32. The number of hydrogen-bond acceptors (Lipinski definition) is 3. The van der Waals surface area contributed by atoms with Crippen molar-refractivity contribution < 1.29 is 9.90 Å². The number of carboxylic acids is 1. The molecule has 0 atom stereocenters. The van der Waals surface area contributed by atoms with E-state index in [1.807, 2.05) is 24.3 Å². The van der Waals surface area contributed by atoms with Gasteiger partial charge in [-0.1, -0.05) is 24.3 Å². The molecule has 0 unspecified atom stereocenters. The molecular weight excluding hydrogens is 228 g/mol. The van der Waals surface area contributed by atoms with Crippen molar-refractivity contribution in [2.75, 3.05) is 0 Å².